The van der Waals surface area contributed by atoms with E-state index in [1.165, 1.54) is 5.69 Å². The smallest absolute Gasteiger partial charge is 0.0648 e. The molecule has 1 aromatic carbocycles. The molecule has 0 unspecified atom stereocenters. The van der Waals surface area contributed by atoms with Crippen molar-refractivity contribution in [3.05, 3.63) is 47.8 Å². The van der Waals surface area contributed by atoms with Crippen molar-refractivity contribution in [2.45, 2.75) is 19.9 Å². The molecule has 15 heavy (non-hydrogen) atoms. The maximum absolute atomic E-state index is 5.55. The predicted molar refractivity (Wildman–Crippen MR) is 60.8 cm³/mol. The molecule has 0 bridgehead atoms. The fourth-order valence-corrected chi connectivity index (χ4v) is 1.60. The van der Waals surface area contributed by atoms with Crippen LogP contribution in [0.4, 0.5) is 0 Å². The molecule has 78 valence electrons. The largest absolute Gasteiger partial charge is 0.326 e. The Balaban J connectivity index is 2.37. The minimum absolute atomic E-state index is 0.583. The maximum atomic E-state index is 5.55. The van der Waals surface area contributed by atoms with Crippen molar-refractivity contribution < 1.29 is 0 Å². The lowest BCUT2D eigenvalue weighted by Crippen LogP contribution is -2.02. The molecule has 1 heterocycles. The minimum Gasteiger partial charge on any atom is -0.326 e. The van der Waals surface area contributed by atoms with Gasteiger partial charge in [0.05, 0.1) is 5.69 Å². The summed E-state index contributed by atoms with van der Waals surface area (Å²) in [6.45, 7) is 2.71. The Morgan fingerprint density at radius 1 is 1.20 bits per heavy atom. The van der Waals surface area contributed by atoms with Crippen LogP contribution in [0.2, 0.25) is 0 Å². The highest BCUT2D eigenvalue weighted by Gasteiger charge is 2.02. The number of aryl methyl sites for hydroxylation is 1. The van der Waals surface area contributed by atoms with Crippen molar-refractivity contribution >= 4 is 0 Å². The zero-order valence-electron chi connectivity index (χ0n) is 8.85. The summed E-state index contributed by atoms with van der Waals surface area (Å²) in [7, 11) is 0. The van der Waals surface area contributed by atoms with Crippen molar-refractivity contribution in [3.8, 4) is 5.69 Å². The molecule has 0 saturated carbocycles. The number of hydrogen-bond acceptors (Lipinski definition) is 2. The molecule has 1 aromatic heterocycles. The summed E-state index contributed by atoms with van der Waals surface area (Å²) in [6.07, 6.45) is 2.81. The molecule has 3 heteroatoms. The first-order chi connectivity index (χ1) is 7.35. The van der Waals surface area contributed by atoms with Gasteiger partial charge in [-0.2, -0.15) is 5.10 Å². The summed E-state index contributed by atoms with van der Waals surface area (Å²) in [5.74, 6) is 0. The third kappa shape index (κ3) is 1.92. The van der Waals surface area contributed by atoms with E-state index in [1.54, 1.807) is 0 Å². The van der Waals surface area contributed by atoms with E-state index < -0.39 is 0 Å². The van der Waals surface area contributed by atoms with Crippen LogP contribution in [0.3, 0.4) is 0 Å². The van der Waals surface area contributed by atoms with Gasteiger partial charge in [-0.15, -0.1) is 0 Å². The lowest BCUT2D eigenvalue weighted by molar-refractivity contribution is 0.813. The van der Waals surface area contributed by atoms with Crippen LogP contribution in [0.25, 0.3) is 5.69 Å². The average Bonchev–Trinajstić information content (AvgIpc) is 2.77. The first-order valence-corrected chi connectivity index (χ1v) is 5.17. The SMILES string of the molecule is CCc1ccnn1-c1ccc(CN)cc1. The van der Waals surface area contributed by atoms with Crippen LogP contribution in [0, 0.1) is 0 Å². The molecule has 0 amide bonds. The van der Waals surface area contributed by atoms with E-state index in [0.29, 0.717) is 6.54 Å². The van der Waals surface area contributed by atoms with E-state index in [9.17, 15) is 0 Å². The van der Waals surface area contributed by atoms with E-state index in [1.807, 2.05) is 41.2 Å². The van der Waals surface area contributed by atoms with E-state index >= 15 is 0 Å². The van der Waals surface area contributed by atoms with Crippen LogP contribution in [0.5, 0.6) is 0 Å². The number of hydrogen-bond donors (Lipinski definition) is 1. The Morgan fingerprint density at radius 3 is 2.53 bits per heavy atom. The van der Waals surface area contributed by atoms with Gasteiger partial charge in [0.15, 0.2) is 0 Å². The molecule has 0 aliphatic heterocycles. The van der Waals surface area contributed by atoms with E-state index in [4.69, 9.17) is 5.73 Å². The third-order valence-corrected chi connectivity index (χ3v) is 2.50. The topological polar surface area (TPSA) is 43.8 Å². The second-order valence-electron chi connectivity index (χ2n) is 3.46. The molecule has 0 radical (unpaired) electrons. The number of aromatic nitrogens is 2. The summed E-state index contributed by atoms with van der Waals surface area (Å²) < 4.78 is 1.96. The van der Waals surface area contributed by atoms with Crippen molar-refractivity contribution in [1.29, 1.82) is 0 Å². The van der Waals surface area contributed by atoms with Crippen molar-refractivity contribution in [3.63, 3.8) is 0 Å². The van der Waals surface area contributed by atoms with Crippen LogP contribution >= 0.6 is 0 Å². The van der Waals surface area contributed by atoms with Gasteiger partial charge in [-0.05, 0) is 30.2 Å². The normalized spacial score (nSPS) is 10.5. The fourth-order valence-electron chi connectivity index (χ4n) is 1.60. The van der Waals surface area contributed by atoms with Gasteiger partial charge in [-0.25, -0.2) is 4.68 Å². The minimum atomic E-state index is 0.583. The summed E-state index contributed by atoms with van der Waals surface area (Å²) in [5, 5.41) is 4.30. The Morgan fingerprint density at radius 2 is 1.93 bits per heavy atom. The highest BCUT2D eigenvalue weighted by molar-refractivity contribution is 5.35. The first kappa shape index (κ1) is 9.93. The second-order valence-corrected chi connectivity index (χ2v) is 3.46. The van der Waals surface area contributed by atoms with Crippen molar-refractivity contribution in [1.82, 2.24) is 9.78 Å². The highest BCUT2D eigenvalue weighted by Crippen LogP contribution is 2.11. The van der Waals surface area contributed by atoms with Gasteiger partial charge in [0.1, 0.15) is 0 Å². The molecule has 0 atom stereocenters. The molecule has 3 nitrogen and oxygen atoms in total. The fraction of sp³-hybridized carbons (Fsp3) is 0.250. The Labute approximate surface area is 89.5 Å². The summed E-state index contributed by atoms with van der Waals surface area (Å²) >= 11 is 0. The van der Waals surface area contributed by atoms with Gasteiger partial charge in [-0.1, -0.05) is 19.1 Å². The molecule has 2 N–H and O–H groups in total. The van der Waals surface area contributed by atoms with Gasteiger partial charge in [0.25, 0.3) is 0 Å². The van der Waals surface area contributed by atoms with E-state index in [2.05, 4.69) is 12.0 Å². The Hall–Kier alpha value is -1.61. The molecule has 0 aliphatic carbocycles. The van der Waals surface area contributed by atoms with Crippen molar-refractivity contribution in [2.75, 3.05) is 0 Å². The number of rotatable bonds is 3. The molecule has 2 aromatic rings. The highest BCUT2D eigenvalue weighted by atomic mass is 15.3. The Bertz CT molecular complexity index is 428. The average molecular weight is 201 g/mol. The molecule has 2 rings (SSSR count). The van der Waals surface area contributed by atoms with Crippen LogP contribution < -0.4 is 5.73 Å². The van der Waals surface area contributed by atoms with E-state index in [0.717, 1.165) is 17.7 Å². The first-order valence-electron chi connectivity index (χ1n) is 5.17. The van der Waals surface area contributed by atoms with Crippen LogP contribution in [-0.4, -0.2) is 9.78 Å². The zero-order valence-corrected chi connectivity index (χ0v) is 8.85. The van der Waals surface area contributed by atoms with E-state index in [-0.39, 0.29) is 0 Å². The molecule has 0 fully saturated rings. The summed E-state index contributed by atoms with van der Waals surface area (Å²) in [5.41, 5.74) is 9.00. The number of nitrogens with two attached hydrogens (primary N) is 1. The standard InChI is InChI=1S/C12H15N3/c1-2-11-7-8-14-15(11)12-5-3-10(9-13)4-6-12/h3-8H,2,9,13H2,1H3. The number of benzene rings is 1. The third-order valence-electron chi connectivity index (χ3n) is 2.50. The predicted octanol–water partition coefficient (Wildman–Crippen LogP) is 1.89. The molecular formula is C12H15N3. The molecule has 0 spiro atoms. The lowest BCUT2D eigenvalue weighted by atomic mass is 10.2. The Kier molecular flexibility index (Phi) is 2.83. The maximum Gasteiger partial charge on any atom is 0.0648 e. The van der Waals surface area contributed by atoms with Crippen LogP contribution in [0.15, 0.2) is 36.5 Å². The van der Waals surface area contributed by atoms with Gasteiger partial charge in [0.2, 0.25) is 0 Å². The van der Waals surface area contributed by atoms with Crippen LogP contribution in [0.1, 0.15) is 18.2 Å². The number of nitrogens with zero attached hydrogens (tertiary/aromatic N) is 2. The van der Waals surface area contributed by atoms with Crippen molar-refractivity contribution in [2.24, 2.45) is 5.73 Å². The quantitative estimate of drug-likeness (QED) is 0.824. The zero-order chi connectivity index (χ0) is 10.7. The lowest BCUT2D eigenvalue weighted by Gasteiger charge is -2.06. The molecule has 0 aliphatic rings. The second kappa shape index (κ2) is 4.28. The van der Waals surface area contributed by atoms with Gasteiger partial charge in [-0.3, -0.25) is 0 Å². The molecular weight excluding hydrogens is 186 g/mol. The van der Waals surface area contributed by atoms with Crippen LogP contribution in [-0.2, 0) is 13.0 Å². The molecule has 0 saturated heterocycles. The monoisotopic (exact) mass is 201 g/mol. The summed E-state index contributed by atoms with van der Waals surface area (Å²) in [6, 6.07) is 10.2. The van der Waals surface area contributed by atoms with Gasteiger partial charge < -0.3 is 5.73 Å². The van der Waals surface area contributed by atoms with Gasteiger partial charge >= 0.3 is 0 Å². The summed E-state index contributed by atoms with van der Waals surface area (Å²) in [4.78, 5) is 0. The van der Waals surface area contributed by atoms with Gasteiger partial charge in [0, 0.05) is 18.4 Å².